The first-order chi connectivity index (χ1) is 11.0. The lowest BCUT2D eigenvalue weighted by Gasteiger charge is -2.13. The van der Waals surface area contributed by atoms with Crippen molar-refractivity contribution in [3.05, 3.63) is 41.4 Å². The lowest BCUT2D eigenvalue weighted by molar-refractivity contribution is 0.0779. The van der Waals surface area contributed by atoms with E-state index in [0.29, 0.717) is 11.1 Å². The van der Waals surface area contributed by atoms with Crippen LogP contribution in [0.3, 0.4) is 0 Å². The first-order valence-electron chi connectivity index (χ1n) is 6.98. The summed E-state index contributed by atoms with van der Waals surface area (Å²) >= 11 is 0. The SMILES string of the molecule is Cc1cncc(C)c1OC(=O)NS(=O)(=O)c1cc(C(C)(C)O)co1. The number of furan rings is 1. The number of pyridine rings is 1. The molecule has 0 radical (unpaired) electrons. The molecule has 1 amide bonds. The molecule has 0 aliphatic heterocycles. The first-order valence-corrected chi connectivity index (χ1v) is 8.46. The van der Waals surface area contributed by atoms with Gasteiger partial charge in [-0.1, -0.05) is 0 Å². The number of amides is 1. The molecular weight excluding hydrogens is 336 g/mol. The van der Waals surface area contributed by atoms with Gasteiger partial charge in [0.25, 0.3) is 10.0 Å². The summed E-state index contributed by atoms with van der Waals surface area (Å²) in [5, 5.41) is 9.33. The van der Waals surface area contributed by atoms with Gasteiger partial charge < -0.3 is 14.3 Å². The van der Waals surface area contributed by atoms with E-state index in [0.717, 1.165) is 12.3 Å². The number of sulfonamides is 1. The van der Waals surface area contributed by atoms with Crippen LogP contribution in [0, 0.1) is 13.8 Å². The van der Waals surface area contributed by atoms with Crippen LogP contribution < -0.4 is 9.46 Å². The highest BCUT2D eigenvalue weighted by atomic mass is 32.2. The molecule has 8 nitrogen and oxygen atoms in total. The van der Waals surface area contributed by atoms with E-state index in [1.807, 2.05) is 0 Å². The van der Waals surface area contributed by atoms with Crippen molar-refractivity contribution in [2.75, 3.05) is 0 Å². The summed E-state index contributed by atoms with van der Waals surface area (Å²) in [6, 6.07) is 1.14. The number of hydrogen-bond donors (Lipinski definition) is 2. The lowest BCUT2D eigenvalue weighted by atomic mass is 10.0. The molecule has 2 aromatic heterocycles. The average Bonchev–Trinajstić information content (AvgIpc) is 2.93. The van der Waals surface area contributed by atoms with Crippen molar-refractivity contribution in [2.24, 2.45) is 0 Å². The lowest BCUT2D eigenvalue weighted by Crippen LogP contribution is -2.33. The number of carbonyl (C=O) groups is 1. The van der Waals surface area contributed by atoms with Gasteiger partial charge in [0, 0.05) is 35.2 Å². The predicted octanol–water partition coefficient (Wildman–Crippen LogP) is 2.00. The van der Waals surface area contributed by atoms with E-state index in [-0.39, 0.29) is 11.3 Å². The molecule has 0 saturated carbocycles. The maximum atomic E-state index is 12.1. The number of aryl methyl sites for hydroxylation is 2. The Kier molecular flexibility index (Phi) is 4.68. The second-order valence-corrected chi connectivity index (χ2v) is 7.42. The molecule has 24 heavy (non-hydrogen) atoms. The maximum absolute atomic E-state index is 12.1. The number of rotatable bonds is 4. The van der Waals surface area contributed by atoms with Crippen molar-refractivity contribution >= 4 is 16.1 Å². The average molecular weight is 354 g/mol. The summed E-state index contributed by atoms with van der Waals surface area (Å²) in [5.74, 6) is 0.231. The predicted molar refractivity (Wildman–Crippen MR) is 84.0 cm³/mol. The number of aromatic nitrogens is 1. The van der Waals surface area contributed by atoms with Crippen LogP contribution in [0.1, 0.15) is 30.5 Å². The zero-order valence-corrected chi connectivity index (χ0v) is 14.5. The molecule has 0 bridgehead atoms. The smallest absolute Gasteiger partial charge is 0.426 e. The van der Waals surface area contributed by atoms with Crippen LogP contribution in [0.2, 0.25) is 0 Å². The molecule has 2 aromatic rings. The Hall–Kier alpha value is -2.39. The summed E-state index contributed by atoms with van der Waals surface area (Å²) in [4.78, 5) is 15.8. The molecule has 0 atom stereocenters. The number of nitrogens with one attached hydrogen (secondary N) is 1. The van der Waals surface area contributed by atoms with Crippen LogP contribution in [0.25, 0.3) is 0 Å². The molecule has 0 aromatic carbocycles. The Morgan fingerprint density at radius 2 is 1.88 bits per heavy atom. The van der Waals surface area contributed by atoms with Gasteiger partial charge >= 0.3 is 6.09 Å². The van der Waals surface area contributed by atoms with Gasteiger partial charge in [-0.3, -0.25) is 4.98 Å². The van der Waals surface area contributed by atoms with Crippen LogP contribution >= 0.6 is 0 Å². The van der Waals surface area contributed by atoms with Crippen molar-refractivity contribution in [3.63, 3.8) is 0 Å². The minimum atomic E-state index is -4.26. The topological polar surface area (TPSA) is 119 Å². The van der Waals surface area contributed by atoms with Crippen molar-refractivity contribution in [3.8, 4) is 5.75 Å². The molecule has 0 unspecified atom stereocenters. The Morgan fingerprint density at radius 3 is 2.38 bits per heavy atom. The normalized spacial score (nSPS) is 12.0. The molecular formula is C15H18N2O6S. The standard InChI is InChI=1S/C15H18N2O6S/c1-9-6-16-7-10(2)13(9)23-14(18)17-24(20,21)12-5-11(8-22-12)15(3,4)19/h5-8,19H,1-4H3,(H,17,18). The summed E-state index contributed by atoms with van der Waals surface area (Å²) in [5.41, 5.74) is 0.162. The van der Waals surface area contributed by atoms with Gasteiger partial charge in [-0.15, -0.1) is 0 Å². The molecule has 2 N–H and O–H groups in total. The third-order valence-corrected chi connectivity index (χ3v) is 4.39. The van der Waals surface area contributed by atoms with Crippen LogP contribution in [0.15, 0.2) is 34.2 Å². The largest absolute Gasteiger partial charge is 0.451 e. The van der Waals surface area contributed by atoms with Crippen LogP contribution in [0.4, 0.5) is 4.79 Å². The quantitative estimate of drug-likeness (QED) is 0.862. The number of aliphatic hydroxyl groups is 1. The van der Waals surface area contributed by atoms with E-state index in [1.165, 1.54) is 26.2 Å². The van der Waals surface area contributed by atoms with Gasteiger partial charge in [-0.25, -0.2) is 9.52 Å². The molecule has 2 rings (SSSR count). The summed E-state index contributed by atoms with van der Waals surface area (Å²) < 4.78 is 36.0. The van der Waals surface area contributed by atoms with Crippen molar-refractivity contribution in [2.45, 2.75) is 38.4 Å². The third-order valence-electron chi connectivity index (χ3n) is 3.21. The zero-order chi connectivity index (χ0) is 18.1. The number of hydrogen-bond acceptors (Lipinski definition) is 7. The molecule has 0 fully saturated rings. The Balaban J connectivity index is 2.17. The molecule has 2 heterocycles. The monoisotopic (exact) mass is 354 g/mol. The fourth-order valence-electron chi connectivity index (χ4n) is 1.90. The van der Waals surface area contributed by atoms with E-state index in [1.54, 1.807) is 18.6 Å². The number of nitrogens with zero attached hydrogens (tertiary/aromatic N) is 1. The van der Waals surface area contributed by atoms with Gasteiger partial charge in [-0.05, 0) is 27.7 Å². The molecule has 0 aliphatic rings. The second-order valence-electron chi connectivity index (χ2n) is 5.81. The van der Waals surface area contributed by atoms with Gasteiger partial charge in [0.2, 0.25) is 5.09 Å². The molecule has 0 saturated heterocycles. The summed E-state index contributed by atoms with van der Waals surface area (Å²) in [6.45, 7) is 6.31. The first kappa shape index (κ1) is 18.0. The Morgan fingerprint density at radius 1 is 1.29 bits per heavy atom. The van der Waals surface area contributed by atoms with E-state index >= 15 is 0 Å². The number of carbonyl (C=O) groups excluding carboxylic acids is 1. The summed E-state index contributed by atoms with van der Waals surface area (Å²) in [6.07, 6.45) is 2.92. The van der Waals surface area contributed by atoms with Crippen molar-refractivity contribution in [1.82, 2.24) is 9.71 Å². The van der Waals surface area contributed by atoms with Crippen molar-refractivity contribution < 1.29 is 27.5 Å². The molecule has 9 heteroatoms. The Labute approximate surface area is 139 Å². The minimum absolute atomic E-state index is 0.231. The van der Waals surface area contributed by atoms with E-state index < -0.39 is 26.8 Å². The zero-order valence-electron chi connectivity index (χ0n) is 13.7. The second kappa shape index (κ2) is 6.25. The van der Waals surface area contributed by atoms with Gasteiger partial charge in [0.05, 0.1) is 11.9 Å². The highest BCUT2D eigenvalue weighted by Crippen LogP contribution is 2.25. The van der Waals surface area contributed by atoms with Gasteiger partial charge in [-0.2, -0.15) is 8.42 Å². The molecule has 0 spiro atoms. The highest BCUT2D eigenvalue weighted by Gasteiger charge is 2.27. The fraction of sp³-hybridized carbons (Fsp3) is 0.333. The third kappa shape index (κ3) is 3.92. The Bertz CT molecular complexity index is 844. The molecule has 0 aliphatic carbocycles. The number of ether oxygens (including phenoxy) is 1. The van der Waals surface area contributed by atoms with Crippen LogP contribution in [-0.4, -0.2) is 24.6 Å². The molecule has 130 valence electrons. The van der Waals surface area contributed by atoms with E-state index in [9.17, 15) is 18.3 Å². The highest BCUT2D eigenvalue weighted by molar-refractivity contribution is 7.89. The summed E-state index contributed by atoms with van der Waals surface area (Å²) in [7, 11) is -4.26. The van der Waals surface area contributed by atoms with Crippen LogP contribution in [-0.2, 0) is 15.6 Å². The maximum Gasteiger partial charge on any atom is 0.426 e. The van der Waals surface area contributed by atoms with Gasteiger partial charge in [0.1, 0.15) is 5.75 Å². The fourth-order valence-corrected chi connectivity index (χ4v) is 2.72. The van der Waals surface area contributed by atoms with Crippen LogP contribution in [0.5, 0.6) is 5.75 Å². The van der Waals surface area contributed by atoms with Gasteiger partial charge in [0.15, 0.2) is 0 Å². The van der Waals surface area contributed by atoms with E-state index in [2.05, 4.69) is 4.98 Å². The van der Waals surface area contributed by atoms with Crippen molar-refractivity contribution in [1.29, 1.82) is 0 Å². The van der Waals surface area contributed by atoms with E-state index in [4.69, 9.17) is 9.15 Å². The minimum Gasteiger partial charge on any atom is -0.451 e.